The van der Waals surface area contributed by atoms with E-state index in [0.29, 0.717) is 28.5 Å². The van der Waals surface area contributed by atoms with Gasteiger partial charge in [0.15, 0.2) is 11.5 Å². The lowest BCUT2D eigenvalue weighted by Gasteiger charge is -2.16. The summed E-state index contributed by atoms with van der Waals surface area (Å²) in [5, 5.41) is 0.830. The molecule has 0 saturated carbocycles. The zero-order chi connectivity index (χ0) is 26.9. The second-order valence-electron chi connectivity index (χ2n) is 8.64. The van der Waals surface area contributed by atoms with Gasteiger partial charge in [-0.2, -0.15) is 0 Å². The van der Waals surface area contributed by atoms with E-state index in [9.17, 15) is 8.42 Å². The second-order valence-corrected chi connectivity index (χ2v) is 10.4. The lowest BCUT2D eigenvalue weighted by atomic mass is 9.96. The summed E-state index contributed by atoms with van der Waals surface area (Å²) in [6.07, 6.45) is 0. The Labute approximate surface area is 222 Å². The molecule has 0 N–H and O–H groups in total. The molecular weight excluding hydrogens is 498 g/mol. The summed E-state index contributed by atoms with van der Waals surface area (Å²) < 4.78 is 45.6. The molecule has 1 aromatic heterocycles. The average Bonchev–Trinajstić information content (AvgIpc) is 3.37. The Balaban J connectivity index is 1.66. The summed E-state index contributed by atoms with van der Waals surface area (Å²) in [5.74, 6) is 1.54. The van der Waals surface area contributed by atoms with E-state index in [1.54, 1.807) is 51.7 Å². The van der Waals surface area contributed by atoms with Crippen LogP contribution in [0.1, 0.15) is 11.1 Å². The van der Waals surface area contributed by atoms with Crippen molar-refractivity contribution in [1.29, 1.82) is 0 Å². The summed E-state index contributed by atoms with van der Waals surface area (Å²) >= 11 is 0. The lowest BCUT2D eigenvalue weighted by molar-refractivity contribution is 0.324. The van der Waals surface area contributed by atoms with Gasteiger partial charge in [-0.3, -0.25) is 0 Å². The van der Waals surface area contributed by atoms with Crippen LogP contribution >= 0.6 is 0 Å². The second kappa shape index (κ2) is 10.1. The molecule has 0 fully saturated rings. The van der Waals surface area contributed by atoms with Crippen molar-refractivity contribution in [1.82, 2.24) is 3.97 Å². The SMILES string of the molecule is C=C(c1cccc(-c2cc3ccccc3n2S(=O)(=O)c2ccccc2)c1)c1cc(OC)c(OC)c(OC)c1. The van der Waals surface area contributed by atoms with Crippen LogP contribution in [0.3, 0.4) is 0 Å². The molecule has 4 aromatic carbocycles. The summed E-state index contributed by atoms with van der Waals surface area (Å²) in [4.78, 5) is 0.223. The van der Waals surface area contributed by atoms with E-state index in [4.69, 9.17) is 14.2 Å². The van der Waals surface area contributed by atoms with E-state index >= 15 is 0 Å². The van der Waals surface area contributed by atoms with Crippen LogP contribution in [0.25, 0.3) is 27.7 Å². The topological polar surface area (TPSA) is 66.8 Å². The fourth-order valence-electron chi connectivity index (χ4n) is 4.58. The zero-order valence-corrected chi connectivity index (χ0v) is 22.2. The highest BCUT2D eigenvalue weighted by Crippen LogP contribution is 2.41. The first-order valence-corrected chi connectivity index (χ1v) is 13.3. The van der Waals surface area contributed by atoms with Gasteiger partial charge in [-0.1, -0.05) is 61.2 Å². The third-order valence-corrected chi connectivity index (χ3v) is 8.21. The Morgan fingerprint density at radius 3 is 2.03 bits per heavy atom. The van der Waals surface area contributed by atoms with Gasteiger partial charge < -0.3 is 14.2 Å². The molecule has 0 aliphatic carbocycles. The van der Waals surface area contributed by atoms with Crippen LogP contribution in [0.4, 0.5) is 0 Å². The molecule has 0 aliphatic heterocycles. The first-order chi connectivity index (χ1) is 18.4. The molecule has 0 radical (unpaired) electrons. The number of hydrogen-bond acceptors (Lipinski definition) is 5. The quantitative estimate of drug-likeness (QED) is 0.227. The Hall–Kier alpha value is -4.49. The van der Waals surface area contributed by atoms with Gasteiger partial charge in [0, 0.05) is 5.39 Å². The van der Waals surface area contributed by atoms with Crippen LogP contribution in [0.2, 0.25) is 0 Å². The van der Waals surface area contributed by atoms with Crippen molar-refractivity contribution >= 4 is 26.5 Å². The molecule has 0 aliphatic rings. The number of rotatable bonds is 8. The van der Waals surface area contributed by atoms with Crippen molar-refractivity contribution in [3.63, 3.8) is 0 Å². The number of nitrogens with zero attached hydrogens (tertiary/aromatic N) is 1. The third-order valence-electron chi connectivity index (χ3n) is 6.47. The molecule has 0 unspecified atom stereocenters. The predicted octanol–water partition coefficient (Wildman–Crippen LogP) is 6.63. The van der Waals surface area contributed by atoms with Crippen LogP contribution in [-0.2, 0) is 10.0 Å². The fourth-order valence-corrected chi connectivity index (χ4v) is 6.13. The maximum absolute atomic E-state index is 13.9. The standard InChI is InChI=1S/C31H27NO5S/c1-21(25-19-29(35-2)31(37-4)30(20-25)36-3)22-12-10-13-23(17-22)28-18-24-11-8-9-16-27(24)32(28)38(33,34)26-14-6-5-7-15-26/h5-20H,1H2,2-4H3. The van der Waals surface area contributed by atoms with E-state index < -0.39 is 10.0 Å². The first kappa shape index (κ1) is 25.2. The number of ether oxygens (including phenoxy) is 3. The predicted molar refractivity (Wildman–Crippen MR) is 151 cm³/mol. The molecule has 1 heterocycles. The van der Waals surface area contributed by atoms with Gasteiger partial charge in [0.1, 0.15) is 0 Å². The van der Waals surface area contributed by atoms with Gasteiger partial charge >= 0.3 is 0 Å². The third kappa shape index (κ3) is 4.31. The average molecular weight is 526 g/mol. The minimum atomic E-state index is -3.86. The summed E-state index contributed by atoms with van der Waals surface area (Å²) in [7, 11) is 0.824. The fraction of sp³-hybridized carbons (Fsp3) is 0.0968. The highest BCUT2D eigenvalue weighted by Gasteiger charge is 2.24. The monoisotopic (exact) mass is 525 g/mol. The molecule has 192 valence electrons. The minimum Gasteiger partial charge on any atom is -0.493 e. The van der Waals surface area contributed by atoms with E-state index in [-0.39, 0.29) is 4.90 Å². The van der Waals surface area contributed by atoms with Crippen LogP contribution in [0, 0.1) is 0 Å². The summed E-state index contributed by atoms with van der Waals surface area (Å²) in [5.41, 5.74) is 4.25. The zero-order valence-electron chi connectivity index (χ0n) is 21.3. The van der Waals surface area contributed by atoms with Gasteiger partial charge in [-0.15, -0.1) is 0 Å². The Kier molecular flexibility index (Phi) is 6.70. The number of hydrogen-bond donors (Lipinski definition) is 0. The highest BCUT2D eigenvalue weighted by molar-refractivity contribution is 7.90. The molecule has 7 heteroatoms. The van der Waals surface area contributed by atoms with Gasteiger partial charge in [0.2, 0.25) is 5.75 Å². The Morgan fingerprint density at radius 2 is 1.37 bits per heavy atom. The minimum absolute atomic E-state index is 0.223. The van der Waals surface area contributed by atoms with Crippen LogP contribution in [0.5, 0.6) is 17.2 Å². The van der Waals surface area contributed by atoms with Gasteiger partial charge in [0.05, 0.1) is 37.4 Å². The van der Waals surface area contributed by atoms with Crippen LogP contribution < -0.4 is 14.2 Å². The van der Waals surface area contributed by atoms with Gasteiger partial charge in [-0.05, 0) is 64.7 Å². The molecule has 0 atom stereocenters. The smallest absolute Gasteiger partial charge is 0.268 e. The van der Waals surface area contributed by atoms with Crippen molar-refractivity contribution in [2.75, 3.05) is 21.3 Å². The Morgan fingerprint density at radius 1 is 0.711 bits per heavy atom. The molecule has 38 heavy (non-hydrogen) atoms. The number of benzene rings is 4. The van der Waals surface area contributed by atoms with Crippen LogP contribution in [-0.4, -0.2) is 33.7 Å². The molecular formula is C31H27NO5S. The first-order valence-electron chi connectivity index (χ1n) is 11.9. The van der Waals surface area contributed by atoms with E-state index in [0.717, 1.165) is 27.6 Å². The van der Waals surface area contributed by atoms with E-state index in [1.165, 1.54) is 3.97 Å². The largest absolute Gasteiger partial charge is 0.493 e. The number of para-hydroxylation sites is 1. The molecule has 0 saturated heterocycles. The highest BCUT2D eigenvalue weighted by atomic mass is 32.2. The molecule has 0 amide bonds. The Bertz CT molecular complexity index is 1730. The summed E-state index contributed by atoms with van der Waals surface area (Å²) in [6, 6.07) is 29.2. The van der Waals surface area contributed by atoms with E-state index in [1.807, 2.05) is 66.7 Å². The van der Waals surface area contributed by atoms with Crippen molar-refractivity contribution < 1.29 is 22.6 Å². The van der Waals surface area contributed by atoms with Crippen molar-refractivity contribution in [3.8, 4) is 28.5 Å². The lowest BCUT2D eigenvalue weighted by Crippen LogP contribution is -2.14. The maximum atomic E-state index is 13.9. The van der Waals surface area contributed by atoms with Gasteiger partial charge in [0.25, 0.3) is 10.0 Å². The summed E-state index contributed by atoms with van der Waals surface area (Å²) in [6.45, 7) is 4.32. The molecule has 5 aromatic rings. The molecule has 0 spiro atoms. The van der Waals surface area contributed by atoms with Crippen molar-refractivity contribution in [2.24, 2.45) is 0 Å². The molecule has 6 nitrogen and oxygen atoms in total. The van der Waals surface area contributed by atoms with Gasteiger partial charge in [-0.25, -0.2) is 12.4 Å². The maximum Gasteiger partial charge on any atom is 0.268 e. The van der Waals surface area contributed by atoms with Crippen molar-refractivity contribution in [2.45, 2.75) is 4.90 Å². The number of fused-ring (bicyclic) bond motifs is 1. The van der Waals surface area contributed by atoms with Crippen molar-refractivity contribution in [3.05, 3.63) is 115 Å². The molecule has 0 bridgehead atoms. The normalized spacial score (nSPS) is 11.3. The van der Waals surface area contributed by atoms with E-state index in [2.05, 4.69) is 6.58 Å². The number of aromatic nitrogens is 1. The number of methoxy groups -OCH3 is 3. The van der Waals surface area contributed by atoms with Crippen LogP contribution in [0.15, 0.2) is 109 Å². The molecule has 5 rings (SSSR count).